The molecule has 0 radical (unpaired) electrons. The minimum absolute atomic E-state index is 0.0809. The van der Waals surface area contributed by atoms with Crippen LogP contribution in [0.5, 0.6) is 0 Å². The molecule has 6 aliphatic carbocycles. The van der Waals surface area contributed by atoms with Crippen molar-refractivity contribution in [3.8, 4) is 0 Å². The number of hydrogen-bond acceptors (Lipinski definition) is 3. The molecule has 1 aliphatic heterocycles. The van der Waals surface area contributed by atoms with Gasteiger partial charge in [0.25, 0.3) is 0 Å². The first-order valence-electron chi connectivity index (χ1n) is 10.7. The first-order valence-corrected chi connectivity index (χ1v) is 10.7. The average Bonchev–Trinajstić information content (AvgIpc) is 2.99. The van der Waals surface area contributed by atoms with Crippen molar-refractivity contribution in [1.29, 1.82) is 0 Å². The van der Waals surface area contributed by atoms with E-state index in [1.54, 1.807) is 0 Å². The van der Waals surface area contributed by atoms with Crippen LogP contribution in [0.4, 0.5) is 0 Å². The highest BCUT2D eigenvalue weighted by atomic mass is 16.3. The summed E-state index contributed by atoms with van der Waals surface area (Å²) in [5.74, 6) is 1.77. The van der Waals surface area contributed by atoms with Crippen LogP contribution in [-0.2, 0) is 0 Å². The molecule has 2 N–H and O–H groups in total. The third-order valence-corrected chi connectivity index (χ3v) is 10.5. The molecular formula is C22H33NO2. The molecule has 7 fully saturated rings. The van der Waals surface area contributed by atoms with Gasteiger partial charge in [-0.25, -0.2) is 0 Å². The molecule has 2 unspecified atom stereocenters. The molecule has 3 heteroatoms. The largest absolute Gasteiger partial charge is 0.392 e. The second-order valence-corrected chi connectivity index (χ2v) is 10.7. The van der Waals surface area contributed by atoms with Crippen molar-refractivity contribution in [2.45, 2.75) is 70.6 Å². The van der Waals surface area contributed by atoms with Gasteiger partial charge in [-0.2, -0.15) is 0 Å². The van der Waals surface area contributed by atoms with Gasteiger partial charge in [0.2, 0.25) is 0 Å². The molecule has 0 aromatic carbocycles. The second-order valence-electron chi connectivity index (χ2n) is 10.7. The van der Waals surface area contributed by atoms with E-state index >= 15 is 0 Å². The number of aliphatic hydroxyl groups is 2. The Morgan fingerprint density at radius 1 is 1.20 bits per heavy atom. The maximum absolute atomic E-state index is 11.5. The third-order valence-electron chi connectivity index (χ3n) is 10.5. The SMILES string of the molecule is C=C1[C@H]2CC[C@]3([C@@H]1O)[C@H]1C[C@@H]4C5(C)CCCC4([C@@H]1N(CC)C5)[C@@H]3[C@H]2O. The monoisotopic (exact) mass is 343 g/mol. The van der Waals surface area contributed by atoms with Crippen LogP contribution in [0.1, 0.15) is 52.4 Å². The first-order chi connectivity index (χ1) is 11.9. The predicted molar refractivity (Wildman–Crippen MR) is 96.8 cm³/mol. The van der Waals surface area contributed by atoms with Gasteiger partial charge in [0.15, 0.2) is 0 Å². The number of piperidine rings is 1. The molecule has 1 saturated heterocycles. The zero-order valence-corrected chi connectivity index (χ0v) is 15.7. The van der Waals surface area contributed by atoms with Gasteiger partial charge in [-0.15, -0.1) is 0 Å². The van der Waals surface area contributed by atoms with Crippen LogP contribution in [-0.4, -0.2) is 46.5 Å². The van der Waals surface area contributed by atoms with Gasteiger partial charge in [0.05, 0.1) is 12.2 Å². The Labute approximate surface area is 151 Å². The molecule has 25 heavy (non-hydrogen) atoms. The van der Waals surface area contributed by atoms with Crippen LogP contribution < -0.4 is 0 Å². The normalized spacial score (nSPS) is 64.6. The fourth-order valence-corrected chi connectivity index (χ4v) is 10.1. The van der Waals surface area contributed by atoms with Crippen molar-refractivity contribution in [2.75, 3.05) is 13.1 Å². The molecule has 138 valence electrons. The summed E-state index contributed by atoms with van der Waals surface area (Å²) >= 11 is 0. The maximum atomic E-state index is 11.5. The van der Waals surface area contributed by atoms with E-state index < -0.39 is 0 Å². The van der Waals surface area contributed by atoms with Gasteiger partial charge in [-0.05, 0) is 66.9 Å². The minimum atomic E-state index is -0.377. The average molecular weight is 344 g/mol. The van der Waals surface area contributed by atoms with Crippen LogP contribution in [0, 0.1) is 39.9 Å². The fraction of sp³-hybridized carbons (Fsp3) is 0.909. The number of fused-ring (bicyclic) bond motifs is 2. The van der Waals surface area contributed by atoms with Gasteiger partial charge in [0.1, 0.15) is 0 Å². The summed E-state index contributed by atoms with van der Waals surface area (Å²) in [6, 6.07) is 0.592. The van der Waals surface area contributed by atoms with Gasteiger partial charge >= 0.3 is 0 Å². The Morgan fingerprint density at radius 2 is 2.00 bits per heavy atom. The van der Waals surface area contributed by atoms with E-state index in [4.69, 9.17) is 0 Å². The zero-order chi connectivity index (χ0) is 17.4. The summed E-state index contributed by atoms with van der Waals surface area (Å²) in [6.07, 6.45) is 6.75. The topological polar surface area (TPSA) is 43.7 Å². The molecule has 7 rings (SSSR count). The molecule has 3 nitrogen and oxygen atoms in total. The maximum Gasteiger partial charge on any atom is 0.0814 e. The summed E-state index contributed by atoms with van der Waals surface area (Å²) in [5, 5.41) is 22.9. The number of rotatable bonds is 1. The molecule has 6 saturated carbocycles. The van der Waals surface area contributed by atoms with Crippen LogP contribution in [0.15, 0.2) is 12.2 Å². The Hall–Kier alpha value is -0.380. The van der Waals surface area contributed by atoms with Crippen molar-refractivity contribution < 1.29 is 10.2 Å². The van der Waals surface area contributed by atoms with Gasteiger partial charge in [-0.3, -0.25) is 4.90 Å². The van der Waals surface area contributed by atoms with E-state index in [9.17, 15) is 10.2 Å². The molecular weight excluding hydrogens is 310 g/mol. The van der Waals surface area contributed by atoms with Crippen molar-refractivity contribution in [2.24, 2.45) is 39.9 Å². The van der Waals surface area contributed by atoms with E-state index in [0.29, 0.717) is 23.3 Å². The van der Waals surface area contributed by atoms with E-state index in [1.165, 1.54) is 32.2 Å². The second kappa shape index (κ2) is 4.36. The number of nitrogens with zero attached hydrogens (tertiary/aromatic N) is 1. The Morgan fingerprint density at radius 3 is 2.76 bits per heavy atom. The smallest absolute Gasteiger partial charge is 0.0814 e. The van der Waals surface area contributed by atoms with Crippen molar-refractivity contribution in [1.82, 2.24) is 4.90 Å². The number of aliphatic hydroxyl groups excluding tert-OH is 2. The summed E-state index contributed by atoms with van der Waals surface area (Å²) < 4.78 is 0. The standard InChI is InChI=1S/C22H33NO2/c1-4-23-11-20(3)7-5-8-22-15(20)10-14(18(22)23)21-9-6-13(12(2)19(21)25)16(24)17(21)22/h13-19,24-25H,2,4-11H2,1,3H3/t13-,14+,15-,16+,17-,18-,19-,20?,21+,22?/m1/s1. The lowest BCUT2D eigenvalue weighted by Gasteiger charge is -2.68. The van der Waals surface area contributed by atoms with Crippen LogP contribution >= 0.6 is 0 Å². The lowest BCUT2D eigenvalue weighted by Crippen LogP contribution is -2.69. The summed E-state index contributed by atoms with van der Waals surface area (Å²) in [6.45, 7) is 11.5. The predicted octanol–water partition coefficient (Wildman–Crippen LogP) is 2.82. The molecule has 10 atom stereocenters. The first kappa shape index (κ1) is 15.7. The third kappa shape index (κ3) is 1.34. The molecule has 7 aliphatic rings. The summed E-state index contributed by atoms with van der Waals surface area (Å²) in [5.41, 5.74) is 1.54. The highest BCUT2D eigenvalue weighted by Crippen LogP contribution is 2.83. The van der Waals surface area contributed by atoms with Gasteiger partial charge < -0.3 is 10.2 Å². The quantitative estimate of drug-likeness (QED) is 0.720. The van der Waals surface area contributed by atoms with Crippen molar-refractivity contribution >= 4 is 0 Å². The van der Waals surface area contributed by atoms with Crippen LogP contribution in [0.3, 0.4) is 0 Å². The summed E-state index contributed by atoms with van der Waals surface area (Å²) in [4.78, 5) is 2.77. The number of hydrogen-bond donors (Lipinski definition) is 2. The van der Waals surface area contributed by atoms with Crippen molar-refractivity contribution in [3.05, 3.63) is 12.2 Å². The van der Waals surface area contributed by atoms with Gasteiger partial charge in [0, 0.05) is 29.8 Å². The Balaban J connectivity index is 1.60. The lowest BCUT2D eigenvalue weighted by atomic mass is 9.39. The Kier molecular flexibility index (Phi) is 2.73. The van der Waals surface area contributed by atoms with E-state index in [1.807, 2.05) is 0 Å². The molecule has 0 aromatic rings. The molecule has 0 aromatic heterocycles. The molecule has 0 amide bonds. The lowest BCUT2D eigenvalue weighted by molar-refractivity contribution is -0.227. The number of likely N-dealkylation sites (tertiary alicyclic amines) is 1. The Bertz CT molecular complexity index is 662. The summed E-state index contributed by atoms with van der Waals surface area (Å²) in [7, 11) is 0. The highest BCUT2D eigenvalue weighted by molar-refractivity contribution is 5.38. The van der Waals surface area contributed by atoms with Crippen LogP contribution in [0.25, 0.3) is 0 Å². The van der Waals surface area contributed by atoms with E-state index in [-0.39, 0.29) is 29.0 Å². The van der Waals surface area contributed by atoms with Crippen molar-refractivity contribution in [3.63, 3.8) is 0 Å². The van der Waals surface area contributed by atoms with E-state index in [2.05, 4.69) is 25.3 Å². The minimum Gasteiger partial charge on any atom is -0.392 e. The molecule has 7 bridgehead atoms. The van der Waals surface area contributed by atoms with Crippen LogP contribution in [0.2, 0.25) is 0 Å². The molecule has 2 spiro atoms. The van der Waals surface area contributed by atoms with E-state index in [0.717, 1.165) is 30.9 Å². The highest BCUT2D eigenvalue weighted by Gasteiger charge is 2.84. The van der Waals surface area contributed by atoms with Gasteiger partial charge in [-0.1, -0.05) is 26.8 Å². The zero-order valence-electron chi connectivity index (χ0n) is 15.7. The fourth-order valence-electron chi connectivity index (χ4n) is 10.1. The molecule has 1 heterocycles.